The SMILES string of the molecule is C[C@@H]1C[C@@H](Sc2ccc(F)cc2)CN1C(=O)C1(C(F)(F)F)CC1. The number of halogens is 4. The molecule has 1 aromatic rings. The molecular formula is C16H17F4NOS. The number of alkyl halides is 3. The average molecular weight is 347 g/mol. The second-order valence-electron chi connectivity index (χ2n) is 6.32. The maximum Gasteiger partial charge on any atom is 0.403 e. The van der Waals surface area contributed by atoms with Gasteiger partial charge >= 0.3 is 6.18 Å². The smallest absolute Gasteiger partial charge is 0.338 e. The van der Waals surface area contributed by atoms with Crippen LogP contribution in [-0.4, -0.2) is 34.8 Å². The van der Waals surface area contributed by atoms with E-state index in [0.717, 1.165) is 4.90 Å². The van der Waals surface area contributed by atoms with E-state index < -0.39 is 17.5 Å². The molecule has 1 aliphatic carbocycles. The minimum atomic E-state index is -4.47. The summed E-state index contributed by atoms with van der Waals surface area (Å²) in [6.07, 6.45) is -4.03. The molecule has 7 heteroatoms. The van der Waals surface area contributed by atoms with Gasteiger partial charge in [0.15, 0.2) is 0 Å². The molecule has 0 bridgehead atoms. The molecule has 23 heavy (non-hydrogen) atoms. The molecular weight excluding hydrogens is 330 g/mol. The third-order valence-electron chi connectivity index (χ3n) is 4.62. The first kappa shape index (κ1) is 16.6. The zero-order chi connectivity index (χ0) is 16.8. The molecule has 1 aromatic carbocycles. The normalized spacial score (nSPS) is 26.4. The van der Waals surface area contributed by atoms with E-state index in [-0.39, 0.29) is 30.0 Å². The van der Waals surface area contributed by atoms with Gasteiger partial charge < -0.3 is 4.90 Å². The summed E-state index contributed by atoms with van der Waals surface area (Å²) < 4.78 is 52.3. The van der Waals surface area contributed by atoms with Crippen LogP contribution < -0.4 is 0 Å². The number of thioether (sulfide) groups is 1. The Kier molecular flexibility index (Phi) is 4.11. The summed E-state index contributed by atoms with van der Waals surface area (Å²) in [5.74, 6) is -1.11. The lowest BCUT2D eigenvalue weighted by Crippen LogP contribution is -2.45. The molecule has 0 aromatic heterocycles. The molecule has 0 unspecified atom stereocenters. The van der Waals surface area contributed by atoms with Gasteiger partial charge in [-0.1, -0.05) is 0 Å². The van der Waals surface area contributed by atoms with Gasteiger partial charge in [-0.3, -0.25) is 4.79 Å². The van der Waals surface area contributed by atoms with Gasteiger partial charge in [-0.05, 0) is 50.5 Å². The Morgan fingerprint density at radius 3 is 2.39 bits per heavy atom. The van der Waals surface area contributed by atoms with Crippen molar-refractivity contribution in [1.29, 1.82) is 0 Å². The van der Waals surface area contributed by atoms with Crippen LogP contribution in [0.15, 0.2) is 29.2 Å². The summed E-state index contributed by atoms with van der Waals surface area (Å²) in [4.78, 5) is 14.6. The Bertz CT molecular complexity index is 597. The summed E-state index contributed by atoms with van der Waals surface area (Å²) in [5, 5.41) is 0.0310. The third-order valence-corrected chi connectivity index (χ3v) is 5.83. The number of benzene rings is 1. The standard InChI is InChI=1S/C16H17F4NOS/c1-10-8-13(23-12-4-2-11(17)3-5-12)9-21(10)14(22)15(6-7-15)16(18,19)20/h2-5,10,13H,6-9H2,1H3/t10-,13-/m1/s1. The Morgan fingerprint density at radius 1 is 1.26 bits per heavy atom. The molecule has 1 saturated carbocycles. The minimum absolute atomic E-state index is 0.0310. The third kappa shape index (κ3) is 3.07. The lowest BCUT2D eigenvalue weighted by molar-refractivity contribution is -0.198. The highest BCUT2D eigenvalue weighted by Gasteiger charge is 2.69. The van der Waals surface area contributed by atoms with E-state index in [1.165, 1.54) is 28.8 Å². The number of carbonyl (C=O) groups excluding carboxylic acids is 1. The summed E-state index contributed by atoms with van der Waals surface area (Å²) in [6, 6.07) is 5.79. The molecule has 0 radical (unpaired) electrons. The van der Waals surface area contributed by atoms with Crippen molar-refractivity contribution in [1.82, 2.24) is 4.90 Å². The molecule has 2 fully saturated rings. The van der Waals surface area contributed by atoms with Crippen molar-refractivity contribution in [2.45, 2.75) is 48.5 Å². The zero-order valence-corrected chi connectivity index (χ0v) is 13.4. The first-order valence-electron chi connectivity index (χ1n) is 7.53. The molecule has 1 saturated heterocycles. The lowest BCUT2D eigenvalue weighted by atomic mass is 10.0. The maximum absolute atomic E-state index is 13.1. The first-order valence-corrected chi connectivity index (χ1v) is 8.41. The van der Waals surface area contributed by atoms with Crippen molar-refractivity contribution in [2.24, 2.45) is 5.41 Å². The van der Waals surface area contributed by atoms with E-state index in [2.05, 4.69) is 0 Å². The maximum atomic E-state index is 13.1. The van der Waals surface area contributed by atoms with Crippen LogP contribution >= 0.6 is 11.8 Å². The Balaban J connectivity index is 1.67. The monoisotopic (exact) mass is 347 g/mol. The predicted octanol–water partition coefficient (Wildman–Crippen LogP) is 4.25. The Labute approximate surface area is 136 Å². The largest absolute Gasteiger partial charge is 0.403 e. The van der Waals surface area contributed by atoms with Crippen molar-refractivity contribution in [3.8, 4) is 0 Å². The van der Waals surface area contributed by atoms with Gasteiger partial charge in [0.05, 0.1) is 0 Å². The second-order valence-corrected chi connectivity index (χ2v) is 7.69. The van der Waals surface area contributed by atoms with Crippen LogP contribution in [0.1, 0.15) is 26.2 Å². The molecule has 0 N–H and O–H groups in total. The van der Waals surface area contributed by atoms with E-state index in [1.807, 2.05) is 0 Å². The number of likely N-dealkylation sites (tertiary alicyclic amines) is 1. The van der Waals surface area contributed by atoms with Gasteiger partial charge in [-0.2, -0.15) is 13.2 Å². The van der Waals surface area contributed by atoms with Crippen LogP contribution in [0.2, 0.25) is 0 Å². The van der Waals surface area contributed by atoms with E-state index in [4.69, 9.17) is 0 Å². The molecule has 2 aliphatic rings. The first-order chi connectivity index (χ1) is 10.7. The minimum Gasteiger partial charge on any atom is -0.338 e. The predicted molar refractivity (Wildman–Crippen MR) is 79.6 cm³/mol. The number of amides is 1. The van der Waals surface area contributed by atoms with Crippen molar-refractivity contribution in [2.75, 3.05) is 6.54 Å². The van der Waals surface area contributed by atoms with Gasteiger partial charge in [0, 0.05) is 22.7 Å². The summed E-state index contributed by atoms with van der Waals surface area (Å²) in [5.41, 5.74) is -2.14. The van der Waals surface area contributed by atoms with Crippen LogP contribution in [0.3, 0.4) is 0 Å². The summed E-state index contributed by atoms with van der Waals surface area (Å²) in [6.45, 7) is 2.09. The Morgan fingerprint density at radius 2 is 1.87 bits per heavy atom. The van der Waals surface area contributed by atoms with Gasteiger partial charge in [0.2, 0.25) is 5.91 Å². The van der Waals surface area contributed by atoms with Crippen molar-refractivity contribution < 1.29 is 22.4 Å². The van der Waals surface area contributed by atoms with Gasteiger partial charge in [-0.25, -0.2) is 4.39 Å². The van der Waals surface area contributed by atoms with Crippen LogP contribution in [0.4, 0.5) is 17.6 Å². The van der Waals surface area contributed by atoms with E-state index in [9.17, 15) is 22.4 Å². The molecule has 1 amide bonds. The fourth-order valence-electron chi connectivity index (χ4n) is 3.07. The van der Waals surface area contributed by atoms with Crippen LogP contribution in [0, 0.1) is 11.2 Å². The number of carbonyl (C=O) groups is 1. The fourth-order valence-corrected chi connectivity index (χ4v) is 4.36. The van der Waals surface area contributed by atoms with Crippen molar-refractivity contribution >= 4 is 17.7 Å². The summed E-state index contributed by atoms with van der Waals surface area (Å²) >= 11 is 1.48. The molecule has 1 heterocycles. The van der Waals surface area contributed by atoms with Crippen molar-refractivity contribution in [3.05, 3.63) is 30.1 Å². The number of hydrogen-bond acceptors (Lipinski definition) is 2. The fraction of sp³-hybridized carbons (Fsp3) is 0.562. The molecule has 126 valence electrons. The van der Waals surface area contributed by atoms with Crippen LogP contribution in [0.25, 0.3) is 0 Å². The Hall–Kier alpha value is -1.24. The van der Waals surface area contributed by atoms with E-state index >= 15 is 0 Å². The quantitative estimate of drug-likeness (QED) is 0.762. The topological polar surface area (TPSA) is 20.3 Å². The number of hydrogen-bond donors (Lipinski definition) is 0. The van der Waals surface area contributed by atoms with Crippen molar-refractivity contribution in [3.63, 3.8) is 0 Å². The average Bonchev–Trinajstić information content (AvgIpc) is 3.21. The van der Waals surface area contributed by atoms with Gasteiger partial charge in [0.1, 0.15) is 11.2 Å². The van der Waals surface area contributed by atoms with Crippen LogP contribution in [-0.2, 0) is 4.79 Å². The molecule has 0 spiro atoms. The van der Waals surface area contributed by atoms with Gasteiger partial charge in [0.25, 0.3) is 0 Å². The zero-order valence-electron chi connectivity index (χ0n) is 12.6. The molecule has 2 nitrogen and oxygen atoms in total. The highest BCUT2D eigenvalue weighted by Crippen LogP contribution is 2.59. The van der Waals surface area contributed by atoms with Gasteiger partial charge in [-0.15, -0.1) is 11.8 Å². The van der Waals surface area contributed by atoms with E-state index in [1.54, 1.807) is 19.1 Å². The molecule has 2 atom stereocenters. The number of rotatable bonds is 3. The number of nitrogens with zero attached hydrogens (tertiary/aromatic N) is 1. The van der Waals surface area contributed by atoms with Crippen LogP contribution in [0.5, 0.6) is 0 Å². The highest BCUT2D eigenvalue weighted by molar-refractivity contribution is 8.00. The highest BCUT2D eigenvalue weighted by atomic mass is 32.2. The summed E-state index contributed by atoms with van der Waals surface area (Å²) in [7, 11) is 0. The molecule has 3 rings (SSSR count). The van der Waals surface area contributed by atoms with E-state index in [0.29, 0.717) is 13.0 Å². The lowest BCUT2D eigenvalue weighted by Gasteiger charge is -2.28. The molecule has 1 aliphatic heterocycles. The second kappa shape index (κ2) is 5.69.